The molecule has 38 heavy (non-hydrogen) atoms. The first-order valence-corrected chi connectivity index (χ1v) is 12.3. The van der Waals surface area contributed by atoms with Crippen LogP contribution in [0.4, 0.5) is 22.0 Å². The van der Waals surface area contributed by atoms with Crippen LogP contribution in [0, 0.1) is 41.4 Å². The van der Waals surface area contributed by atoms with Crippen LogP contribution >= 0.6 is 8.03 Å². The predicted octanol–water partition coefficient (Wildman–Crippen LogP) is 5.37. The number of halogens is 5. The standard InChI is InChI=1S/C26H21F5NO5P/c1-5-26(24(33)34,38(36)37)25(4,35)20-15(13-6-8-14(27)9-7-13)10-18(32-23(20)12(2)3)19-21(30)16(28)11-17(29)22(19)31/h1,6-12,35,38H,2-4H3,(H,33,34)(H,36,37). The fourth-order valence-electron chi connectivity index (χ4n) is 4.24. The van der Waals surface area contributed by atoms with Crippen molar-refractivity contribution in [1.82, 2.24) is 4.98 Å². The van der Waals surface area contributed by atoms with E-state index in [0.717, 1.165) is 37.3 Å². The molecule has 6 nitrogen and oxygen atoms in total. The second-order valence-corrected chi connectivity index (χ2v) is 10.3. The van der Waals surface area contributed by atoms with Crippen LogP contribution in [0.15, 0.2) is 36.4 Å². The van der Waals surface area contributed by atoms with E-state index in [9.17, 15) is 46.4 Å². The number of hydrogen-bond donors (Lipinski definition) is 3. The van der Waals surface area contributed by atoms with Gasteiger partial charge in [0, 0.05) is 11.6 Å². The Morgan fingerprint density at radius 1 is 1.05 bits per heavy atom. The van der Waals surface area contributed by atoms with Gasteiger partial charge in [-0.3, -0.25) is 9.55 Å². The van der Waals surface area contributed by atoms with E-state index in [4.69, 9.17) is 6.42 Å². The van der Waals surface area contributed by atoms with Gasteiger partial charge in [0.2, 0.25) is 13.2 Å². The van der Waals surface area contributed by atoms with Crippen LogP contribution in [-0.4, -0.2) is 31.2 Å². The lowest BCUT2D eigenvalue weighted by molar-refractivity contribution is -0.145. The molecule has 3 aromatic rings. The maximum atomic E-state index is 14.7. The molecule has 0 aliphatic carbocycles. The largest absolute Gasteiger partial charge is 0.480 e. The average Bonchev–Trinajstić information content (AvgIpc) is 2.83. The number of nitrogens with zero attached hydrogens (tertiary/aromatic N) is 1. The van der Waals surface area contributed by atoms with Crippen molar-refractivity contribution in [1.29, 1.82) is 0 Å². The monoisotopic (exact) mass is 553 g/mol. The molecule has 3 atom stereocenters. The summed E-state index contributed by atoms with van der Waals surface area (Å²) in [6.45, 7) is 3.83. The van der Waals surface area contributed by atoms with Crippen LogP contribution in [0.25, 0.3) is 22.4 Å². The molecule has 0 saturated heterocycles. The van der Waals surface area contributed by atoms with Gasteiger partial charge in [-0.15, -0.1) is 6.42 Å². The summed E-state index contributed by atoms with van der Waals surface area (Å²) in [4.78, 5) is 26.4. The van der Waals surface area contributed by atoms with Crippen molar-refractivity contribution in [3.05, 3.63) is 76.7 Å². The molecule has 0 spiro atoms. The first kappa shape index (κ1) is 29.0. The molecular weight excluding hydrogens is 532 g/mol. The Labute approximate surface area is 214 Å². The molecule has 12 heteroatoms. The Hall–Kier alpha value is -3.58. The first-order valence-electron chi connectivity index (χ1n) is 10.9. The van der Waals surface area contributed by atoms with Crippen LogP contribution in [-0.2, 0) is 15.0 Å². The second-order valence-electron chi connectivity index (χ2n) is 8.90. The minimum atomic E-state index is -4.26. The number of hydrogen-bond acceptors (Lipinski definition) is 4. The summed E-state index contributed by atoms with van der Waals surface area (Å²) >= 11 is 0. The number of rotatable bonds is 7. The van der Waals surface area contributed by atoms with Crippen LogP contribution < -0.4 is 0 Å². The van der Waals surface area contributed by atoms with Gasteiger partial charge in [-0.1, -0.05) is 31.9 Å². The van der Waals surface area contributed by atoms with Gasteiger partial charge in [0.15, 0.2) is 23.3 Å². The van der Waals surface area contributed by atoms with E-state index in [1.54, 1.807) is 5.92 Å². The van der Waals surface area contributed by atoms with Crippen LogP contribution in [0.3, 0.4) is 0 Å². The van der Waals surface area contributed by atoms with Gasteiger partial charge in [0.1, 0.15) is 11.4 Å². The molecule has 200 valence electrons. The van der Waals surface area contributed by atoms with Crippen molar-refractivity contribution in [3.8, 4) is 34.7 Å². The van der Waals surface area contributed by atoms with Crippen molar-refractivity contribution in [2.75, 3.05) is 0 Å². The molecule has 0 fully saturated rings. The Morgan fingerprint density at radius 3 is 2.00 bits per heavy atom. The van der Waals surface area contributed by atoms with Crippen LogP contribution in [0.1, 0.15) is 37.9 Å². The van der Waals surface area contributed by atoms with Crippen molar-refractivity contribution in [2.24, 2.45) is 0 Å². The molecule has 0 bridgehead atoms. The molecule has 0 saturated carbocycles. The first-order chi connectivity index (χ1) is 17.6. The van der Waals surface area contributed by atoms with Gasteiger partial charge in [-0.2, -0.15) is 0 Å². The molecular formula is C26H21F5NO5P. The third kappa shape index (κ3) is 4.49. The van der Waals surface area contributed by atoms with Gasteiger partial charge in [-0.05, 0) is 42.2 Å². The summed E-state index contributed by atoms with van der Waals surface area (Å²) in [5.74, 6) is -8.79. The van der Waals surface area contributed by atoms with Crippen molar-refractivity contribution < 1.29 is 46.4 Å². The molecule has 0 amide bonds. The number of carboxylic acids is 1. The minimum absolute atomic E-state index is 0.00469. The van der Waals surface area contributed by atoms with Crippen LogP contribution in [0.2, 0.25) is 0 Å². The molecule has 0 radical (unpaired) electrons. The zero-order valence-electron chi connectivity index (χ0n) is 20.1. The molecule has 1 heterocycles. The quantitative estimate of drug-likeness (QED) is 0.157. The number of benzene rings is 2. The maximum absolute atomic E-state index is 14.7. The summed E-state index contributed by atoms with van der Waals surface area (Å²) in [6, 6.07) is 5.18. The van der Waals surface area contributed by atoms with Crippen molar-refractivity contribution >= 4 is 14.0 Å². The summed E-state index contributed by atoms with van der Waals surface area (Å²) in [5, 5.41) is 18.5. The fourth-order valence-corrected chi connectivity index (χ4v) is 5.08. The smallest absolute Gasteiger partial charge is 0.335 e. The SMILES string of the molecule is C#CC(C(=O)O)([PH](=O)O)C(C)(O)c1c(-c2ccc(F)cc2)cc(-c2c(F)c(F)cc(F)c2F)nc1C(C)C. The third-order valence-corrected chi connectivity index (χ3v) is 7.68. The number of aliphatic carboxylic acids is 1. The summed E-state index contributed by atoms with van der Waals surface area (Å²) < 4.78 is 83.7. The van der Waals surface area contributed by atoms with Gasteiger partial charge in [0.25, 0.3) is 0 Å². The van der Waals surface area contributed by atoms with Crippen molar-refractivity contribution in [2.45, 2.75) is 37.4 Å². The number of aromatic nitrogens is 1. The highest BCUT2D eigenvalue weighted by Crippen LogP contribution is 2.53. The highest BCUT2D eigenvalue weighted by molar-refractivity contribution is 7.42. The molecule has 0 aliphatic heterocycles. The van der Waals surface area contributed by atoms with E-state index < -0.39 is 76.6 Å². The molecule has 1 aromatic heterocycles. The number of carbonyl (C=O) groups is 1. The molecule has 3 N–H and O–H groups in total. The fraction of sp³-hybridized carbons (Fsp3) is 0.231. The zero-order valence-corrected chi connectivity index (χ0v) is 21.1. The lowest BCUT2D eigenvalue weighted by atomic mass is 9.76. The van der Waals surface area contributed by atoms with E-state index in [2.05, 4.69) is 4.98 Å². The second kappa shape index (κ2) is 10.3. The van der Waals surface area contributed by atoms with E-state index in [-0.39, 0.29) is 22.9 Å². The molecule has 3 unspecified atom stereocenters. The lowest BCUT2D eigenvalue weighted by Crippen LogP contribution is -2.53. The highest BCUT2D eigenvalue weighted by Gasteiger charge is 2.60. The Kier molecular flexibility index (Phi) is 7.85. The number of carboxylic acid groups (broad SMARTS) is 1. The summed E-state index contributed by atoms with van der Waals surface area (Å²) in [7, 11) is -4.26. The zero-order chi connectivity index (χ0) is 28.7. The normalized spacial score (nSPS) is 15.4. The Morgan fingerprint density at radius 2 is 1.58 bits per heavy atom. The minimum Gasteiger partial charge on any atom is -0.480 e. The highest BCUT2D eigenvalue weighted by atomic mass is 31.1. The topological polar surface area (TPSA) is 108 Å². The predicted molar refractivity (Wildman–Crippen MR) is 129 cm³/mol. The molecule has 0 aliphatic rings. The van der Waals surface area contributed by atoms with E-state index in [0.29, 0.717) is 0 Å². The third-order valence-electron chi connectivity index (χ3n) is 6.19. The van der Waals surface area contributed by atoms with Gasteiger partial charge < -0.3 is 15.1 Å². The van der Waals surface area contributed by atoms with E-state index in [1.165, 1.54) is 13.8 Å². The Balaban J connectivity index is 2.61. The number of aliphatic hydroxyl groups is 1. The molecule has 3 rings (SSSR count). The van der Waals surface area contributed by atoms with E-state index >= 15 is 0 Å². The number of terminal acetylenes is 1. The maximum Gasteiger partial charge on any atom is 0.335 e. The van der Waals surface area contributed by atoms with Gasteiger partial charge in [0.05, 0.1) is 17.0 Å². The van der Waals surface area contributed by atoms with Gasteiger partial charge in [-0.25, -0.2) is 26.7 Å². The summed E-state index contributed by atoms with van der Waals surface area (Å²) in [6.07, 6.45) is 5.38. The summed E-state index contributed by atoms with van der Waals surface area (Å²) in [5.41, 5.74) is -5.62. The average molecular weight is 553 g/mol. The van der Waals surface area contributed by atoms with E-state index in [1.807, 2.05) is 0 Å². The number of pyridine rings is 1. The van der Waals surface area contributed by atoms with Gasteiger partial charge >= 0.3 is 5.97 Å². The van der Waals surface area contributed by atoms with Crippen LogP contribution in [0.5, 0.6) is 0 Å². The Bertz CT molecular complexity index is 1460. The van der Waals surface area contributed by atoms with Crippen molar-refractivity contribution in [3.63, 3.8) is 0 Å². The molecule has 2 aromatic carbocycles. The lowest BCUT2D eigenvalue weighted by Gasteiger charge is -2.39.